The Bertz CT molecular complexity index is 563. The lowest BCUT2D eigenvalue weighted by molar-refractivity contribution is -0.358. The first-order chi connectivity index (χ1) is 13.6. The molecule has 1 unspecified atom stereocenters. The standard InChI is InChI=1S/C21H32O7/c1-17(2)27-20-21(23-4,26-16-24-13-12-22-3)11-10-19(28-20)15-25-14-18-8-6-5-7-9-18/h5-11,17,19-20H,12-16H2,1-4H3/t19-,20+,21?/m0/s1. The third-order valence-electron chi connectivity index (χ3n) is 4.08. The second-order valence-electron chi connectivity index (χ2n) is 6.64. The van der Waals surface area contributed by atoms with Crippen LogP contribution in [0.3, 0.4) is 0 Å². The van der Waals surface area contributed by atoms with E-state index >= 15 is 0 Å². The van der Waals surface area contributed by atoms with Crippen LogP contribution in [0.25, 0.3) is 0 Å². The topological polar surface area (TPSA) is 64.6 Å². The molecule has 0 fully saturated rings. The predicted octanol–water partition coefficient (Wildman–Crippen LogP) is 2.89. The molecule has 0 saturated heterocycles. The van der Waals surface area contributed by atoms with E-state index in [4.69, 9.17) is 33.2 Å². The van der Waals surface area contributed by atoms with Crippen molar-refractivity contribution in [3.63, 3.8) is 0 Å². The van der Waals surface area contributed by atoms with Crippen molar-refractivity contribution in [3.05, 3.63) is 48.0 Å². The molecule has 0 spiro atoms. The molecule has 1 aromatic carbocycles. The van der Waals surface area contributed by atoms with Gasteiger partial charge in [0.05, 0.1) is 32.5 Å². The van der Waals surface area contributed by atoms with E-state index in [0.29, 0.717) is 26.4 Å². The van der Waals surface area contributed by atoms with Crippen molar-refractivity contribution in [1.82, 2.24) is 0 Å². The van der Waals surface area contributed by atoms with Gasteiger partial charge in [-0.1, -0.05) is 36.4 Å². The molecule has 0 radical (unpaired) electrons. The van der Waals surface area contributed by atoms with Gasteiger partial charge in [-0.25, -0.2) is 0 Å². The molecule has 7 heteroatoms. The summed E-state index contributed by atoms with van der Waals surface area (Å²) in [7, 11) is 3.16. The Labute approximate surface area is 167 Å². The Morgan fingerprint density at radius 2 is 1.86 bits per heavy atom. The van der Waals surface area contributed by atoms with Gasteiger partial charge in [0.15, 0.2) is 6.79 Å². The highest BCUT2D eigenvalue weighted by Crippen LogP contribution is 2.30. The largest absolute Gasteiger partial charge is 0.382 e. The van der Waals surface area contributed by atoms with Gasteiger partial charge in [0.25, 0.3) is 0 Å². The zero-order valence-electron chi connectivity index (χ0n) is 17.2. The first-order valence-corrected chi connectivity index (χ1v) is 9.47. The fourth-order valence-electron chi connectivity index (χ4n) is 2.63. The van der Waals surface area contributed by atoms with Crippen LogP contribution in [0, 0.1) is 0 Å². The number of ether oxygens (including phenoxy) is 7. The molecular formula is C21H32O7. The van der Waals surface area contributed by atoms with Gasteiger partial charge in [-0.05, 0) is 25.5 Å². The molecule has 0 bridgehead atoms. The fraction of sp³-hybridized carbons (Fsp3) is 0.619. The van der Waals surface area contributed by atoms with Crippen LogP contribution in [0.1, 0.15) is 19.4 Å². The fourth-order valence-corrected chi connectivity index (χ4v) is 2.63. The molecule has 1 heterocycles. The van der Waals surface area contributed by atoms with Crippen LogP contribution in [-0.2, 0) is 39.8 Å². The second kappa shape index (κ2) is 12.3. The number of hydrogen-bond donors (Lipinski definition) is 0. The van der Waals surface area contributed by atoms with E-state index in [-0.39, 0.29) is 19.0 Å². The normalized spacial score (nSPS) is 24.8. The van der Waals surface area contributed by atoms with E-state index in [2.05, 4.69) is 0 Å². The van der Waals surface area contributed by atoms with E-state index in [1.165, 1.54) is 0 Å². The van der Waals surface area contributed by atoms with E-state index in [0.717, 1.165) is 5.56 Å². The molecule has 0 aliphatic carbocycles. The number of methoxy groups -OCH3 is 2. The van der Waals surface area contributed by atoms with Gasteiger partial charge in [0, 0.05) is 14.2 Å². The lowest BCUT2D eigenvalue weighted by atomic mass is 10.1. The van der Waals surface area contributed by atoms with E-state index in [1.807, 2.05) is 50.3 Å². The van der Waals surface area contributed by atoms with Gasteiger partial charge in [-0.15, -0.1) is 0 Å². The van der Waals surface area contributed by atoms with E-state index < -0.39 is 12.1 Å². The lowest BCUT2D eigenvalue weighted by Gasteiger charge is -2.41. The summed E-state index contributed by atoms with van der Waals surface area (Å²) in [6.45, 7) is 5.71. The van der Waals surface area contributed by atoms with Crippen molar-refractivity contribution in [1.29, 1.82) is 0 Å². The average Bonchev–Trinajstić information content (AvgIpc) is 2.70. The van der Waals surface area contributed by atoms with Crippen molar-refractivity contribution in [3.8, 4) is 0 Å². The maximum absolute atomic E-state index is 6.06. The number of hydrogen-bond acceptors (Lipinski definition) is 7. The first-order valence-electron chi connectivity index (χ1n) is 9.47. The molecule has 0 amide bonds. The molecule has 0 saturated carbocycles. The van der Waals surface area contributed by atoms with Crippen molar-refractivity contribution < 1.29 is 33.2 Å². The monoisotopic (exact) mass is 396 g/mol. The van der Waals surface area contributed by atoms with Crippen molar-refractivity contribution >= 4 is 0 Å². The highest BCUT2D eigenvalue weighted by molar-refractivity contribution is 5.13. The summed E-state index contributed by atoms with van der Waals surface area (Å²) in [5, 5.41) is 0. The summed E-state index contributed by atoms with van der Waals surface area (Å²) in [5.74, 6) is -1.19. The van der Waals surface area contributed by atoms with Crippen molar-refractivity contribution in [2.24, 2.45) is 0 Å². The van der Waals surface area contributed by atoms with Crippen LogP contribution in [-0.4, -0.2) is 65.1 Å². The minimum Gasteiger partial charge on any atom is -0.382 e. The molecule has 1 aromatic rings. The number of benzene rings is 1. The second-order valence-corrected chi connectivity index (χ2v) is 6.64. The van der Waals surface area contributed by atoms with Crippen LogP contribution in [0.2, 0.25) is 0 Å². The van der Waals surface area contributed by atoms with Gasteiger partial charge >= 0.3 is 0 Å². The zero-order chi connectivity index (χ0) is 20.2. The van der Waals surface area contributed by atoms with Crippen molar-refractivity contribution in [2.45, 2.75) is 44.7 Å². The molecule has 1 aliphatic heterocycles. The Morgan fingerprint density at radius 3 is 2.54 bits per heavy atom. The first kappa shape index (κ1) is 23.0. The molecule has 158 valence electrons. The smallest absolute Gasteiger partial charge is 0.242 e. The summed E-state index contributed by atoms with van der Waals surface area (Å²) in [6.07, 6.45) is 2.58. The van der Waals surface area contributed by atoms with Crippen LogP contribution < -0.4 is 0 Å². The Balaban J connectivity index is 1.93. The van der Waals surface area contributed by atoms with Gasteiger partial charge in [0.2, 0.25) is 12.1 Å². The summed E-state index contributed by atoms with van der Waals surface area (Å²) in [6, 6.07) is 10.0. The van der Waals surface area contributed by atoms with E-state index in [9.17, 15) is 0 Å². The molecule has 7 nitrogen and oxygen atoms in total. The summed E-state index contributed by atoms with van der Waals surface area (Å²) < 4.78 is 39.5. The molecule has 2 rings (SSSR count). The highest BCUT2D eigenvalue weighted by Gasteiger charge is 2.45. The van der Waals surface area contributed by atoms with Gasteiger partial charge in [-0.3, -0.25) is 0 Å². The summed E-state index contributed by atoms with van der Waals surface area (Å²) in [5.41, 5.74) is 1.11. The molecule has 28 heavy (non-hydrogen) atoms. The lowest BCUT2D eigenvalue weighted by Crippen LogP contribution is -2.53. The quantitative estimate of drug-likeness (QED) is 0.289. The minimum absolute atomic E-state index is 0.0258. The maximum Gasteiger partial charge on any atom is 0.242 e. The van der Waals surface area contributed by atoms with Crippen LogP contribution in [0.4, 0.5) is 0 Å². The van der Waals surface area contributed by atoms with Gasteiger partial charge < -0.3 is 33.2 Å². The average molecular weight is 396 g/mol. The zero-order valence-corrected chi connectivity index (χ0v) is 17.2. The third kappa shape index (κ3) is 7.25. The van der Waals surface area contributed by atoms with E-state index in [1.54, 1.807) is 20.3 Å². The molecule has 1 aliphatic rings. The molecule has 3 atom stereocenters. The van der Waals surface area contributed by atoms with Crippen LogP contribution in [0.15, 0.2) is 42.5 Å². The van der Waals surface area contributed by atoms with Crippen LogP contribution >= 0.6 is 0 Å². The van der Waals surface area contributed by atoms with Gasteiger partial charge in [0.1, 0.15) is 6.10 Å². The Morgan fingerprint density at radius 1 is 1.07 bits per heavy atom. The maximum atomic E-state index is 6.06. The summed E-state index contributed by atoms with van der Waals surface area (Å²) >= 11 is 0. The predicted molar refractivity (Wildman–Crippen MR) is 104 cm³/mol. The van der Waals surface area contributed by atoms with Crippen molar-refractivity contribution in [2.75, 3.05) is 40.8 Å². The number of rotatable bonds is 13. The molecule has 0 aromatic heterocycles. The van der Waals surface area contributed by atoms with Crippen LogP contribution in [0.5, 0.6) is 0 Å². The third-order valence-corrected chi connectivity index (χ3v) is 4.08. The summed E-state index contributed by atoms with van der Waals surface area (Å²) in [4.78, 5) is 0. The Kier molecular flexibility index (Phi) is 10.1. The molecular weight excluding hydrogens is 364 g/mol. The Hall–Kier alpha value is -1.32. The minimum atomic E-state index is -1.19. The molecule has 0 N–H and O–H groups in total. The van der Waals surface area contributed by atoms with Gasteiger partial charge in [-0.2, -0.15) is 0 Å². The highest BCUT2D eigenvalue weighted by atomic mass is 16.8. The SMILES string of the molecule is COCCOCOC1(OC)C=C[C@@H](COCc2ccccc2)O[C@H]1OC(C)C.